The Hall–Kier alpha value is -1.71. The summed E-state index contributed by atoms with van der Waals surface area (Å²) < 4.78 is 0. The molecule has 0 aromatic carbocycles. The van der Waals surface area contributed by atoms with Gasteiger partial charge in [0.15, 0.2) is 11.5 Å². The molecule has 0 spiro atoms. The number of nitrogens with one attached hydrogen (secondary N) is 1. The second kappa shape index (κ2) is 1.47. The molecule has 0 aliphatic carbocycles. The molecule has 3 heterocycles. The Kier molecular flexibility index (Phi) is 0.671. The molecule has 1 aliphatic rings. The number of nitrogens with zero attached hydrogens (tertiary/aromatic N) is 3. The van der Waals surface area contributed by atoms with Crippen molar-refractivity contribution < 1.29 is 0 Å². The van der Waals surface area contributed by atoms with Gasteiger partial charge in [0.2, 0.25) is 0 Å². The minimum absolute atomic E-state index is 0.737. The molecule has 4 heteroatoms. The van der Waals surface area contributed by atoms with Crippen molar-refractivity contribution in [2.45, 2.75) is 0 Å². The van der Waals surface area contributed by atoms with Crippen LogP contribution in [0, 0.1) is 0 Å². The van der Waals surface area contributed by atoms with Gasteiger partial charge in [-0.15, -0.1) is 0 Å². The lowest BCUT2D eigenvalue weighted by atomic mass is 10.4. The molecule has 3 bridgehead atoms. The molecule has 3 rings (SSSR count). The number of H-pyrrole nitrogens is 1. The summed E-state index contributed by atoms with van der Waals surface area (Å²) in [5.74, 6) is 1.58. The second-order valence-electron chi connectivity index (χ2n) is 2.42. The van der Waals surface area contributed by atoms with Gasteiger partial charge in [-0.1, -0.05) is 0 Å². The van der Waals surface area contributed by atoms with Gasteiger partial charge in [-0.2, -0.15) is 0 Å². The summed E-state index contributed by atoms with van der Waals surface area (Å²) in [6, 6.07) is 0. The highest BCUT2D eigenvalue weighted by Crippen LogP contribution is 2.13. The van der Waals surface area contributed by atoms with E-state index in [0.29, 0.717) is 0 Å². The lowest BCUT2D eigenvalue weighted by Gasteiger charge is -1.90. The van der Waals surface area contributed by atoms with E-state index >= 15 is 0 Å². The minimum atomic E-state index is 0.737. The first-order valence-electron chi connectivity index (χ1n) is 3.33. The van der Waals surface area contributed by atoms with Crippen molar-refractivity contribution >= 4 is 23.3 Å². The predicted octanol–water partition coefficient (Wildman–Crippen LogP) is 0.837. The zero-order valence-corrected chi connectivity index (χ0v) is 5.57. The van der Waals surface area contributed by atoms with Crippen LogP contribution in [0.4, 0.5) is 0 Å². The number of hydrogen-bond acceptors (Lipinski definition) is 3. The zero-order chi connectivity index (χ0) is 7.26. The summed E-state index contributed by atoms with van der Waals surface area (Å²) >= 11 is 0. The van der Waals surface area contributed by atoms with Gasteiger partial charge in [-0.05, 0) is 12.2 Å². The molecule has 2 aromatic rings. The van der Waals surface area contributed by atoms with Gasteiger partial charge in [0, 0.05) is 0 Å². The molecule has 1 aliphatic heterocycles. The monoisotopic (exact) mass is 144 g/mol. The maximum atomic E-state index is 4.21. The van der Waals surface area contributed by atoms with Crippen LogP contribution < -0.4 is 0 Å². The maximum Gasteiger partial charge on any atom is 0.161 e. The average molecular weight is 144 g/mol. The first-order valence-corrected chi connectivity index (χ1v) is 3.33. The Morgan fingerprint density at radius 3 is 3.18 bits per heavy atom. The van der Waals surface area contributed by atoms with E-state index in [1.807, 2.05) is 12.2 Å². The van der Waals surface area contributed by atoms with Crippen LogP contribution in [0.1, 0.15) is 11.6 Å². The highest BCUT2D eigenvalue weighted by Gasteiger charge is 2.06. The normalized spacial score (nSPS) is 13.1. The van der Waals surface area contributed by atoms with Crippen LogP contribution in [0.5, 0.6) is 0 Å². The molecule has 0 atom stereocenters. The van der Waals surface area contributed by atoms with Gasteiger partial charge in [0.1, 0.15) is 11.3 Å². The molecular weight excluding hydrogens is 140 g/mol. The van der Waals surface area contributed by atoms with E-state index in [0.717, 1.165) is 22.8 Å². The van der Waals surface area contributed by atoms with E-state index in [2.05, 4.69) is 19.9 Å². The van der Waals surface area contributed by atoms with Gasteiger partial charge in [0.25, 0.3) is 0 Å². The summed E-state index contributed by atoms with van der Waals surface area (Å²) in [6.07, 6.45) is 5.43. The van der Waals surface area contributed by atoms with Gasteiger partial charge < -0.3 is 4.98 Å². The Morgan fingerprint density at radius 2 is 2.18 bits per heavy atom. The fourth-order valence-electron chi connectivity index (χ4n) is 1.15. The Morgan fingerprint density at radius 1 is 1.18 bits per heavy atom. The third-order valence-electron chi connectivity index (χ3n) is 1.67. The number of aromatic amines is 1. The fraction of sp³-hybridized carbons (Fsp3) is 0. The van der Waals surface area contributed by atoms with E-state index in [4.69, 9.17) is 0 Å². The van der Waals surface area contributed by atoms with E-state index < -0.39 is 0 Å². The van der Waals surface area contributed by atoms with E-state index in [1.165, 1.54) is 0 Å². The van der Waals surface area contributed by atoms with Crippen molar-refractivity contribution in [1.82, 2.24) is 19.9 Å². The highest BCUT2D eigenvalue weighted by atomic mass is 15.0. The summed E-state index contributed by atoms with van der Waals surface area (Å²) in [5, 5.41) is 0. The molecule has 52 valence electrons. The molecular formula is C7H4N4. The van der Waals surface area contributed by atoms with Gasteiger partial charge >= 0.3 is 0 Å². The molecule has 11 heavy (non-hydrogen) atoms. The van der Waals surface area contributed by atoms with Crippen molar-refractivity contribution in [2.75, 3.05) is 0 Å². The van der Waals surface area contributed by atoms with Crippen molar-refractivity contribution in [1.29, 1.82) is 0 Å². The lowest BCUT2D eigenvalue weighted by molar-refractivity contribution is 1.17. The van der Waals surface area contributed by atoms with Crippen molar-refractivity contribution in [3.05, 3.63) is 17.8 Å². The standard InChI is InChI=1S/C7H4N4/c1-2-6-9-4-3-8-5(1)10-7(4)11-6/h1-3H,(H,8,9,10,11). The number of aromatic nitrogens is 4. The van der Waals surface area contributed by atoms with Crippen LogP contribution in [-0.2, 0) is 0 Å². The first kappa shape index (κ1) is 5.01. The van der Waals surface area contributed by atoms with Gasteiger partial charge in [0.05, 0.1) is 6.20 Å². The van der Waals surface area contributed by atoms with Gasteiger partial charge in [-0.25, -0.2) is 15.0 Å². The maximum absolute atomic E-state index is 4.21. The van der Waals surface area contributed by atoms with Crippen LogP contribution in [0.3, 0.4) is 0 Å². The van der Waals surface area contributed by atoms with Crippen LogP contribution >= 0.6 is 0 Å². The molecule has 0 radical (unpaired) electrons. The number of rotatable bonds is 0. The predicted molar refractivity (Wildman–Crippen MR) is 40.6 cm³/mol. The van der Waals surface area contributed by atoms with Crippen LogP contribution in [0.15, 0.2) is 6.20 Å². The quantitative estimate of drug-likeness (QED) is 0.508. The number of fused-ring (bicyclic) bond motifs is 2. The largest absolute Gasteiger partial charge is 0.323 e. The Bertz CT molecular complexity index is 447. The minimum Gasteiger partial charge on any atom is -0.323 e. The topological polar surface area (TPSA) is 54.5 Å². The first-order chi connectivity index (χ1) is 5.42. The summed E-state index contributed by atoms with van der Waals surface area (Å²) in [7, 11) is 0. The third-order valence-corrected chi connectivity index (χ3v) is 1.67. The summed E-state index contributed by atoms with van der Waals surface area (Å²) in [5.41, 5.74) is 1.64. The van der Waals surface area contributed by atoms with Crippen LogP contribution in [0.2, 0.25) is 0 Å². The highest BCUT2D eigenvalue weighted by molar-refractivity contribution is 5.78. The molecule has 0 amide bonds. The Balaban J connectivity index is 2.67. The van der Waals surface area contributed by atoms with E-state index in [9.17, 15) is 0 Å². The van der Waals surface area contributed by atoms with Crippen LogP contribution in [-0.4, -0.2) is 19.9 Å². The molecule has 0 saturated heterocycles. The van der Waals surface area contributed by atoms with Gasteiger partial charge in [-0.3, -0.25) is 0 Å². The zero-order valence-electron chi connectivity index (χ0n) is 5.57. The molecule has 0 fully saturated rings. The number of imidazole rings is 1. The molecule has 1 N–H and O–H groups in total. The average Bonchev–Trinajstić information content (AvgIpc) is 2.29. The smallest absolute Gasteiger partial charge is 0.161 e. The van der Waals surface area contributed by atoms with Crippen molar-refractivity contribution in [3.8, 4) is 0 Å². The molecule has 4 nitrogen and oxygen atoms in total. The lowest BCUT2D eigenvalue weighted by Crippen LogP contribution is -1.86. The number of hydrogen-bond donors (Lipinski definition) is 1. The Labute approximate surface area is 62.0 Å². The second-order valence-corrected chi connectivity index (χ2v) is 2.42. The van der Waals surface area contributed by atoms with Crippen LogP contribution in [0.25, 0.3) is 23.3 Å². The third kappa shape index (κ3) is 0.556. The van der Waals surface area contributed by atoms with Crippen molar-refractivity contribution in [2.24, 2.45) is 0 Å². The SMILES string of the molecule is C1=Cc2nc3cnc1nc3[nH]2. The molecule has 0 unspecified atom stereocenters. The molecule has 2 aromatic heterocycles. The fourth-order valence-corrected chi connectivity index (χ4v) is 1.15. The van der Waals surface area contributed by atoms with E-state index in [1.54, 1.807) is 6.20 Å². The summed E-state index contributed by atoms with van der Waals surface area (Å²) in [6.45, 7) is 0. The van der Waals surface area contributed by atoms with Crippen molar-refractivity contribution in [3.63, 3.8) is 0 Å². The van der Waals surface area contributed by atoms with E-state index in [-0.39, 0.29) is 0 Å². The molecule has 0 saturated carbocycles. The summed E-state index contributed by atoms with van der Waals surface area (Å²) in [4.78, 5) is 15.5.